The quantitative estimate of drug-likeness (QED) is 0.473. The molecule has 36 heavy (non-hydrogen) atoms. The van der Waals surface area contributed by atoms with Gasteiger partial charge in [-0.2, -0.15) is 0 Å². The molecule has 0 saturated carbocycles. The third-order valence-corrected chi connectivity index (χ3v) is 6.03. The number of halogens is 1. The molecular formula is C28H37FN2O5. The molecule has 1 heterocycles. The van der Waals surface area contributed by atoms with E-state index >= 15 is 0 Å². The van der Waals surface area contributed by atoms with Gasteiger partial charge in [0.1, 0.15) is 28.8 Å². The lowest BCUT2D eigenvalue weighted by molar-refractivity contribution is -0.175. The Labute approximate surface area is 212 Å². The number of nitrogens with zero attached hydrogens (tertiary/aromatic N) is 1. The van der Waals surface area contributed by atoms with E-state index in [1.165, 1.54) is 6.07 Å². The minimum atomic E-state index is -0.910. The first-order valence-corrected chi connectivity index (χ1v) is 12.4. The molecule has 1 atom stereocenters. The first kappa shape index (κ1) is 27.5. The summed E-state index contributed by atoms with van der Waals surface area (Å²) in [5.41, 5.74) is -0.323. The molecule has 1 aliphatic heterocycles. The van der Waals surface area contributed by atoms with Crippen LogP contribution in [0.25, 0.3) is 0 Å². The number of benzene rings is 2. The number of methoxy groups -OCH3 is 1. The molecule has 2 aromatic carbocycles. The van der Waals surface area contributed by atoms with Crippen LogP contribution in [0.1, 0.15) is 51.7 Å². The molecular weight excluding hydrogens is 463 g/mol. The predicted molar refractivity (Wildman–Crippen MR) is 135 cm³/mol. The van der Waals surface area contributed by atoms with Gasteiger partial charge in [0.05, 0.1) is 20.2 Å². The summed E-state index contributed by atoms with van der Waals surface area (Å²) in [5.74, 6) is 0.0638. The fourth-order valence-corrected chi connectivity index (χ4v) is 4.18. The molecule has 0 spiro atoms. The molecule has 1 saturated heterocycles. The summed E-state index contributed by atoms with van der Waals surface area (Å²) < 4.78 is 31.5. The van der Waals surface area contributed by atoms with Crippen molar-refractivity contribution in [1.29, 1.82) is 0 Å². The number of rotatable bonds is 10. The van der Waals surface area contributed by atoms with Crippen molar-refractivity contribution in [3.05, 3.63) is 65.5 Å². The van der Waals surface area contributed by atoms with Crippen molar-refractivity contribution in [3.8, 4) is 5.75 Å². The average molecular weight is 501 g/mol. The highest BCUT2D eigenvalue weighted by Gasteiger charge is 2.50. The Morgan fingerprint density at radius 2 is 1.78 bits per heavy atom. The SMILES string of the molecule is CCCCOC1(c2ccccc2F)CN(C(=O)[C@@H](Cc2ccc(OC)cc2)NC(=O)OC(C)(C)C)C1. The van der Waals surface area contributed by atoms with Gasteiger partial charge < -0.3 is 24.4 Å². The van der Waals surface area contributed by atoms with E-state index in [2.05, 4.69) is 12.2 Å². The lowest BCUT2D eigenvalue weighted by Gasteiger charge is -2.50. The van der Waals surface area contributed by atoms with E-state index in [9.17, 15) is 14.0 Å². The second-order valence-electron chi connectivity index (χ2n) is 10.1. The first-order chi connectivity index (χ1) is 17.1. The summed E-state index contributed by atoms with van der Waals surface area (Å²) in [6.45, 7) is 8.22. The molecule has 0 bridgehead atoms. The van der Waals surface area contributed by atoms with E-state index in [-0.39, 0.29) is 31.2 Å². The molecule has 2 aromatic rings. The van der Waals surface area contributed by atoms with Gasteiger partial charge in [-0.25, -0.2) is 9.18 Å². The summed E-state index contributed by atoms with van der Waals surface area (Å²) in [6.07, 6.45) is 1.38. The Bertz CT molecular complexity index is 1030. The van der Waals surface area contributed by atoms with Gasteiger partial charge in [-0.1, -0.05) is 43.7 Å². The van der Waals surface area contributed by atoms with Crippen molar-refractivity contribution >= 4 is 12.0 Å². The van der Waals surface area contributed by atoms with Crippen molar-refractivity contribution < 1.29 is 28.2 Å². The van der Waals surface area contributed by atoms with Crippen molar-refractivity contribution in [2.45, 2.75) is 64.2 Å². The molecule has 1 aliphatic rings. The van der Waals surface area contributed by atoms with Gasteiger partial charge in [-0.3, -0.25) is 4.79 Å². The highest BCUT2D eigenvalue weighted by molar-refractivity contribution is 5.87. The average Bonchev–Trinajstić information content (AvgIpc) is 2.80. The molecule has 2 amide bonds. The van der Waals surface area contributed by atoms with Crippen molar-refractivity contribution in [2.24, 2.45) is 0 Å². The van der Waals surface area contributed by atoms with Crippen LogP contribution in [0, 0.1) is 5.82 Å². The number of alkyl carbamates (subject to hydrolysis) is 1. The second kappa shape index (κ2) is 11.7. The maximum absolute atomic E-state index is 14.7. The van der Waals surface area contributed by atoms with Gasteiger partial charge in [0.2, 0.25) is 5.91 Å². The fourth-order valence-electron chi connectivity index (χ4n) is 4.18. The smallest absolute Gasteiger partial charge is 0.408 e. The molecule has 0 radical (unpaired) electrons. The monoisotopic (exact) mass is 500 g/mol. The van der Waals surface area contributed by atoms with E-state index in [1.54, 1.807) is 63.1 Å². The third-order valence-electron chi connectivity index (χ3n) is 6.03. The minimum Gasteiger partial charge on any atom is -0.497 e. The van der Waals surface area contributed by atoms with Crippen LogP contribution in [-0.2, 0) is 26.3 Å². The van der Waals surface area contributed by atoms with Crippen LogP contribution in [0.15, 0.2) is 48.5 Å². The van der Waals surface area contributed by atoms with Gasteiger partial charge in [0.15, 0.2) is 0 Å². The maximum Gasteiger partial charge on any atom is 0.408 e. The Hall–Kier alpha value is -3.13. The maximum atomic E-state index is 14.7. The first-order valence-electron chi connectivity index (χ1n) is 12.4. The van der Waals surface area contributed by atoms with E-state index in [1.807, 2.05) is 12.1 Å². The van der Waals surface area contributed by atoms with Gasteiger partial charge in [0.25, 0.3) is 0 Å². The summed E-state index contributed by atoms with van der Waals surface area (Å²) in [7, 11) is 1.58. The number of likely N-dealkylation sites (tertiary alicyclic amines) is 1. The van der Waals surface area contributed by atoms with Gasteiger partial charge >= 0.3 is 6.09 Å². The van der Waals surface area contributed by atoms with E-state index < -0.39 is 23.3 Å². The predicted octanol–water partition coefficient (Wildman–Crippen LogP) is 4.82. The van der Waals surface area contributed by atoms with Crippen molar-refractivity contribution in [3.63, 3.8) is 0 Å². The highest BCUT2D eigenvalue weighted by atomic mass is 19.1. The van der Waals surface area contributed by atoms with Crippen LogP contribution >= 0.6 is 0 Å². The number of ether oxygens (including phenoxy) is 3. The third kappa shape index (κ3) is 6.97. The summed E-state index contributed by atoms with van der Waals surface area (Å²) in [5, 5.41) is 2.73. The van der Waals surface area contributed by atoms with Crippen LogP contribution in [0.4, 0.5) is 9.18 Å². The van der Waals surface area contributed by atoms with Gasteiger partial charge in [-0.05, 0) is 51.0 Å². The number of carbonyl (C=O) groups is 2. The van der Waals surface area contributed by atoms with Crippen molar-refractivity contribution in [1.82, 2.24) is 10.2 Å². The zero-order chi connectivity index (χ0) is 26.3. The van der Waals surface area contributed by atoms with Crippen LogP contribution in [-0.4, -0.2) is 55.3 Å². The number of hydrogen-bond donors (Lipinski definition) is 1. The van der Waals surface area contributed by atoms with E-state index in [0.717, 1.165) is 18.4 Å². The highest BCUT2D eigenvalue weighted by Crippen LogP contribution is 2.38. The zero-order valence-corrected chi connectivity index (χ0v) is 21.8. The fraction of sp³-hybridized carbons (Fsp3) is 0.500. The van der Waals surface area contributed by atoms with Crippen molar-refractivity contribution in [2.75, 3.05) is 26.8 Å². The summed E-state index contributed by atoms with van der Waals surface area (Å²) >= 11 is 0. The Morgan fingerprint density at radius 1 is 1.11 bits per heavy atom. The molecule has 1 fully saturated rings. The van der Waals surface area contributed by atoms with Crippen LogP contribution in [0.3, 0.4) is 0 Å². The number of unbranched alkanes of at least 4 members (excludes halogenated alkanes) is 1. The standard InChI is InChI=1S/C28H37FN2O5/c1-6-7-16-35-28(22-10-8-9-11-23(22)29)18-31(19-28)25(32)24(30-26(33)36-27(2,3)4)17-20-12-14-21(34-5)15-13-20/h8-15,24H,6-7,16-19H2,1-5H3,(H,30,33)/t24-/m1/s1. The molecule has 0 aliphatic carbocycles. The van der Waals surface area contributed by atoms with Crippen LogP contribution < -0.4 is 10.1 Å². The lowest BCUT2D eigenvalue weighted by Crippen LogP contribution is -2.66. The number of amides is 2. The second-order valence-corrected chi connectivity index (χ2v) is 10.1. The molecule has 7 nitrogen and oxygen atoms in total. The van der Waals surface area contributed by atoms with Gasteiger partial charge in [0, 0.05) is 18.6 Å². The minimum absolute atomic E-state index is 0.200. The lowest BCUT2D eigenvalue weighted by atomic mass is 9.84. The Balaban J connectivity index is 1.79. The number of nitrogens with one attached hydrogen (secondary N) is 1. The molecule has 0 unspecified atom stereocenters. The van der Waals surface area contributed by atoms with E-state index in [4.69, 9.17) is 14.2 Å². The van der Waals surface area contributed by atoms with Crippen LogP contribution in [0.5, 0.6) is 5.75 Å². The van der Waals surface area contributed by atoms with Crippen LogP contribution in [0.2, 0.25) is 0 Å². The largest absolute Gasteiger partial charge is 0.497 e. The summed E-state index contributed by atoms with van der Waals surface area (Å²) in [4.78, 5) is 27.7. The summed E-state index contributed by atoms with van der Waals surface area (Å²) in [6, 6.07) is 13.0. The molecule has 8 heteroatoms. The molecule has 1 N–H and O–H groups in total. The molecule has 3 rings (SSSR count). The molecule has 196 valence electrons. The number of carbonyl (C=O) groups excluding carboxylic acids is 2. The normalized spacial score (nSPS) is 15.6. The molecule has 0 aromatic heterocycles. The zero-order valence-electron chi connectivity index (χ0n) is 21.8. The van der Waals surface area contributed by atoms with Gasteiger partial charge in [-0.15, -0.1) is 0 Å². The van der Waals surface area contributed by atoms with E-state index in [0.29, 0.717) is 17.9 Å². The Morgan fingerprint density at radius 3 is 2.36 bits per heavy atom. The topological polar surface area (TPSA) is 77.1 Å². The number of hydrogen-bond acceptors (Lipinski definition) is 5. The Kier molecular flexibility index (Phi) is 8.95.